The molecule has 1 saturated heterocycles. The van der Waals surface area contributed by atoms with Gasteiger partial charge in [-0.25, -0.2) is 4.98 Å². The number of benzene rings is 1. The second-order valence-corrected chi connectivity index (χ2v) is 7.50. The highest BCUT2D eigenvalue weighted by Gasteiger charge is 2.30. The van der Waals surface area contributed by atoms with Crippen molar-refractivity contribution in [3.63, 3.8) is 0 Å². The van der Waals surface area contributed by atoms with Crippen molar-refractivity contribution in [2.75, 3.05) is 18.1 Å². The standard InChI is InChI=1S/C15H16ClN3OS2/c16-11-3-1-10(2-4-11)13-9-21-6-5-19(13)15(20)12-8-22-14(7-17)18-12/h1-4,8,13H,5-7,9,17H2. The molecule has 0 radical (unpaired) electrons. The van der Waals surface area contributed by atoms with Gasteiger partial charge in [0, 0.05) is 35.0 Å². The van der Waals surface area contributed by atoms with E-state index in [1.54, 1.807) is 5.38 Å². The second kappa shape index (κ2) is 7.00. The molecule has 1 aromatic carbocycles. The van der Waals surface area contributed by atoms with Crippen LogP contribution in [0.15, 0.2) is 29.6 Å². The molecule has 116 valence electrons. The third kappa shape index (κ3) is 3.30. The van der Waals surface area contributed by atoms with Crippen molar-refractivity contribution in [2.24, 2.45) is 5.73 Å². The van der Waals surface area contributed by atoms with E-state index in [2.05, 4.69) is 4.98 Å². The van der Waals surface area contributed by atoms with E-state index in [-0.39, 0.29) is 11.9 Å². The van der Waals surface area contributed by atoms with Crippen molar-refractivity contribution < 1.29 is 4.79 Å². The van der Waals surface area contributed by atoms with Crippen LogP contribution in [-0.4, -0.2) is 33.8 Å². The van der Waals surface area contributed by atoms with E-state index in [4.69, 9.17) is 17.3 Å². The summed E-state index contributed by atoms with van der Waals surface area (Å²) < 4.78 is 0. The first-order chi connectivity index (χ1) is 10.7. The third-order valence-corrected chi connectivity index (χ3v) is 5.74. The quantitative estimate of drug-likeness (QED) is 0.920. The number of thioether (sulfide) groups is 1. The number of halogens is 1. The van der Waals surface area contributed by atoms with Crippen LogP contribution in [0.5, 0.6) is 0 Å². The number of amides is 1. The Balaban J connectivity index is 1.85. The van der Waals surface area contributed by atoms with E-state index < -0.39 is 0 Å². The molecule has 1 aliphatic heterocycles. The lowest BCUT2D eigenvalue weighted by atomic mass is 10.1. The number of hydrogen-bond acceptors (Lipinski definition) is 5. The Morgan fingerprint density at radius 1 is 1.41 bits per heavy atom. The Hall–Kier alpha value is -1.08. The lowest BCUT2D eigenvalue weighted by molar-refractivity contribution is 0.0696. The third-order valence-electron chi connectivity index (χ3n) is 3.59. The molecular weight excluding hydrogens is 338 g/mol. The van der Waals surface area contributed by atoms with Crippen LogP contribution in [0.3, 0.4) is 0 Å². The summed E-state index contributed by atoms with van der Waals surface area (Å²) in [6, 6.07) is 7.78. The SMILES string of the molecule is NCc1nc(C(=O)N2CCSCC2c2ccc(Cl)cc2)cs1. The number of thiazole rings is 1. The molecule has 2 aromatic rings. The topological polar surface area (TPSA) is 59.2 Å². The second-order valence-electron chi connectivity index (χ2n) is 4.97. The summed E-state index contributed by atoms with van der Waals surface area (Å²) in [6.45, 7) is 1.10. The number of hydrogen-bond donors (Lipinski definition) is 1. The van der Waals surface area contributed by atoms with Crippen LogP contribution < -0.4 is 5.73 Å². The zero-order valence-corrected chi connectivity index (χ0v) is 14.3. The molecule has 2 heterocycles. The van der Waals surface area contributed by atoms with Gasteiger partial charge in [0.1, 0.15) is 10.7 Å². The van der Waals surface area contributed by atoms with E-state index in [0.29, 0.717) is 17.3 Å². The summed E-state index contributed by atoms with van der Waals surface area (Å²) in [5, 5.41) is 3.29. The average Bonchev–Trinajstić information content (AvgIpc) is 3.04. The predicted molar refractivity (Wildman–Crippen MR) is 92.6 cm³/mol. The summed E-state index contributed by atoms with van der Waals surface area (Å²) in [6.07, 6.45) is 0. The van der Waals surface area contributed by atoms with Crippen molar-refractivity contribution in [2.45, 2.75) is 12.6 Å². The average molecular weight is 354 g/mol. The Labute approximate surface area is 142 Å². The molecule has 3 rings (SSSR count). The minimum atomic E-state index is -0.0174. The van der Waals surface area contributed by atoms with Gasteiger partial charge in [-0.2, -0.15) is 11.8 Å². The molecule has 0 aliphatic carbocycles. The van der Waals surface area contributed by atoms with Crippen LogP contribution in [-0.2, 0) is 6.54 Å². The van der Waals surface area contributed by atoms with Gasteiger partial charge in [0.05, 0.1) is 6.04 Å². The summed E-state index contributed by atoms with van der Waals surface area (Å²) in [7, 11) is 0. The van der Waals surface area contributed by atoms with Gasteiger partial charge in [-0.3, -0.25) is 4.79 Å². The first kappa shape index (κ1) is 15.8. The summed E-state index contributed by atoms with van der Waals surface area (Å²) in [4.78, 5) is 19.0. The number of carbonyl (C=O) groups is 1. The fraction of sp³-hybridized carbons (Fsp3) is 0.333. The van der Waals surface area contributed by atoms with Gasteiger partial charge in [0.15, 0.2) is 0 Å². The highest BCUT2D eigenvalue weighted by Crippen LogP contribution is 2.31. The van der Waals surface area contributed by atoms with E-state index >= 15 is 0 Å². The fourth-order valence-corrected chi connectivity index (χ4v) is 4.32. The first-order valence-corrected chi connectivity index (χ1v) is 9.39. The molecule has 1 fully saturated rings. The first-order valence-electron chi connectivity index (χ1n) is 6.97. The summed E-state index contributed by atoms with van der Waals surface area (Å²) >= 11 is 9.26. The molecule has 0 saturated carbocycles. The van der Waals surface area contributed by atoms with Gasteiger partial charge < -0.3 is 10.6 Å². The van der Waals surface area contributed by atoms with Crippen LogP contribution in [0.2, 0.25) is 5.02 Å². The van der Waals surface area contributed by atoms with Gasteiger partial charge in [0.25, 0.3) is 5.91 Å². The molecule has 7 heteroatoms. The van der Waals surface area contributed by atoms with Crippen LogP contribution >= 0.6 is 34.7 Å². The van der Waals surface area contributed by atoms with Crippen molar-refractivity contribution >= 4 is 40.6 Å². The minimum absolute atomic E-state index is 0.0174. The number of nitrogens with zero attached hydrogens (tertiary/aromatic N) is 2. The molecular formula is C15H16ClN3OS2. The molecule has 0 spiro atoms. The van der Waals surface area contributed by atoms with Crippen LogP contribution in [0.4, 0.5) is 0 Å². The molecule has 2 N–H and O–H groups in total. The molecule has 1 atom stereocenters. The van der Waals surface area contributed by atoms with Gasteiger partial charge in [-0.05, 0) is 17.7 Å². The smallest absolute Gasteiger partial charge is 0.273 e. The highest BCUT2D eigenvalue weighted by molar-refractivity contribution is 7.99. The number of nitrogens with two attached hydrogens (primary N) is 1. The van der Waals surface area contributed by atoms with Crippen molar-refractivity contribution in [1.29, 1.82) is 0 Å². The zero-order chi connectivity index (χ0) is 15.5. The normalized spacial score (nSPS) is 18.5. The van der Waals surface area contributed by atoms with E-state index in [9.17, 15) is 4.79 Å². The Kier molecular flexibility index (Phi) is 5.03. The largest absolute Gasteiger partial charge is 0.329 e. The molecule has 1 amide bonds. The van der Waals surface area contributed by atoms with Crippen LogP contribution in [0.25, 0.3) is 0 Å². The lowest BCUT2D eigenvalue weighted by Gasteiger charge is -2.35. The van der Waals surface area contributed by atoms with Crippen molar-refractivity contribution in [1.82, 2.24) is 9.88 Å². The van der Waals surface area contributed by atoms with E-state index in [1.165, 1.54) is 11.3 Å². The fourth-order valence-electron chi connectivity index (χ4n) is 2.46. The van der Waals surface area contributed by atoms with Crippen LogP contribution in [0, 0.1) is 0 Å². The predicted octanol–water partition coefficient (Wildman–Crippen LogP) is 3.19. The molecule has 4 nitrogen and oxygen atoms in total. The van der Waals surface area contributed by atoms with Gasteiger partial charge in [0.2, 0.25) is 0 Å². The van der Waals surface area contributed by atoms with Crippen molar-refractivity contribution in [3.8, 4) is 0 Å². The maximum atomic E-state index is 12.8. The van der Waals surface area contributed by atoms with E-state index in [0.717, 1.165) is 28.6 Å². The monoisotopic (exact) mass is 353 g/mol. The van der Waals surface area contributed by atoms with E-state index in [1.807, 2.05) is 40.9 Å². The molecule has 0 bridgehead atoms. The lowest BCUT2D eigenvalue weighted by Crippen LogP contribution is -2.40. The molecule has 22 heavy (non-hydrogen) atoms. The van der Waals surface area contributed by atoms with Gasteiger partial charge in [-0.1, -0.05) is 23.7 Å². The van der Waals surface area contributed by atoms with Crippen molar-refractivity contribution in [3.05, 3.63) is 50.9 Å². The Morgan fingerprint density at radius 3 is 2.86 bits per heavy atom. The summed E-state index contributed by atoms with van der Waals surface area (Å²) in [5.74, 6) is 1.82. The molecule has 1 unspecified atom stereocenters. The van der Waals surface area contributed by atoms with Gasteiger partial charge >= 0.3 is 0 Å². The number of carbonyl (C=O) groups excluding carboxylic acids is 1. The van der Waals surface area contributed by atoms with Crippen LogP contribution in [0.1, 0.15) is 27.1 Å². The maximum Gasteiger partial charge on any atom is 0.273 e. The summed E-state index contributed by atoms with van der Waals surface area (Å²) in [5.41, 5.74) is 7.19. The number of aromatic nitrogens is 1. The Morgan fingerprint density at radius 2 is 2.18 bits per heavy atom. The number of rotatable bonds is 3. The maximum absolute atomic E-state index is 12.8. The van der Waals surface area contributed by atoms with Gasteiger partial charge in [-0.15, -0.1) is 11.3 Å². The molecule has 1 aromatic heterocycles. The Bertz CT molecular complexity index is 659. The molecule has 1 aliphatic rings. The highest BCUT2D eigenvalue weighted by atomic mass is 35.5. The minimum Gasteiger partial charge on any atom is -0.329 e. The zero-order valence-electron chi connectivity index (χ0n) is 11.9.